The molecule has 0 saturated carbocycles. The van der Waals surface area contributed by atoms with E-state index < -0.39 is 6.03 Å². The highest BCUT2D eigenvalue weighted by atomic mass is 16.5. The van der Waals surface area contributed by atoms with Crippen molar-refractivity contribution in [2.45, 2.75) is 13.3 Å². The van der Waals surface area contributed by atoms with Crippen molar-refractivity contribution in [1.29, 1.82) is 0 Å². The number of carbonyl (C=O) groups excluding carboxylic acids is 1. The molecule has 0 spiro atoms. The molecule has 6 heteroatoms. The van der Waals surface area contributed by atoms with E-state index in [1.54, 1.807) is 0 Å². The maximum atomic E-state index is 10.5. The predicted octanol–water partition coefficient (Wildman–Crippen LogP) is 2.85. The number of para-hydroxylation sites is 1. The molecule has 2 rings (SSSR count). The molecular weight excluding hydrogens is 306 g/mol. The number of primary amides is 1. The lowest BCUT2D eigenvalue weighted by Gasteiger charge is -2.10. The number of urea groups is 1. The summed E-state index contributed by atoms with van der Waals surface area (Å²) in [6, 6.07) is 14.6. The van der Waals surface area contributed by atoms with Gasteiger partial charge in [0, 0.05) is 6.42 Å². The number of nitrogens with two attached hydrogens (primary N) is 1. The average molecular weight is 327 g/mol. The number of hydrazone groups is 1. The molecule has 0 saturated heterocycles. The molecule has 0 aromatic heterocycles. The molecule has 2 aromatic carbocycles. The zero-order valence-corrected chi connectivity index (χ0v) is 13.6. The fourth-order valence-electron chi connectivity index (χ4n) is 2.00. The number of aryl methyl sites for hydroxylation is 1. The molecule has 0 aliphatic rings. The number of carbonyl (C=O) groups is 1. The van der Waals surface area contributed by atoms with E-state index in [-0.39, 0.29) is 0 Å². The van der Waals surface area contributed by atoms with Gasteiger partial charge in [-0.1, -0.05) is 30.3 Å². The summed E-state index contributed by atoms with van der Waals surface area (Å²) in [5.41, 5.74) is 9.00. The molecule has 0 atom stereocenters. The number of rotatable bonds is 8. The summed E-state index contributed by atoms with van der Waals surface area (Å²) in [5, 5.41) is 3.71. The number of benzene rings is 2. The maximum absolute atomic E-state index is 10.5. The van der Waals surface area contributed by atoms with E-state index in [1.165, 1.54) is 6.21 Å². The second-order valence-corrected chi connectivity index (χ2v) is 5.12. The smallest absolute Gasteiger partial charge is 0.332 e. The van der Waals surface area contributed by atoms with Crippen LogP contribution in [0.15, 0.2) is 53.6 Å². The standard InChI is InChI=1S/C18H21N3O3/c1-14-6-2-3-9-17(14)24-11-5-10-23-16-8-4-7-15(12-16)13-20-21-18(19)22/h2-4,6-9,12-13H,5,10-11H2,1H3,(H3,19,21,22)/b20-13-. The van der Waals surface area contributed by atoms with Crippen LogP contribution in [0.1, 0.15) is 17.5 Å². The molecule has 0 bridgehead atoms. The second-order valence-electron chi connectivity index (χ2n) is 5.12. The Hall–Kier alpha value is -3.02. The fourth-order valence-corrected chi connectivity index (χ4v) is 2.00. The minimum atomic E-state index is -0.702. The van der Waals surface area contributed by atoms with Gasteiger partial charge in [0.15, 0.2) is 0 Å². The Morgan fingerprint density at radius 3 is 2.75 bits per heavy atom. The summed E-state index contributed by atoms with van der Waals surface area (Å²) in [6.45, 7) is 3.16. The molecule has 0 aliphatic heterocycles. The van der Waals surface area contributed by atoms with Crippen molar-refractivity contribution in [2.75, 3.05) is 13.2 Å². The molecule has 2 aromatic rings. The highest BCUT2D eigenvalue weighted by Gasteiger charge is 1.99. The normalized spacial score (nSPS) is 10.5. The van der Waals surface area contributed by atoms with Crippen molar-refractivity contribution in [1.82, 2.24) is 5.43 Å². The molecule has 126 valence electrons. The Balaban J connectivity index is 1.73. The van der Waals surface area contributed by atoms with Crippen LogP contribution in [-0.4, -0.2) is 25.5 Å². The van der Waals surface area contributed by atoms with E-state index in [0.717, 1.165) is 29.0 Å². The Labute approximate surface area is 141 Å². The van der Waals surface area contributed by atoms with Gasteiger partial charge in [0.25, 0.3) is 0 Å². The second kappa shape index (κ2) is 9.19. The molecule has 0 aliphatic carbocycles. The number of nitrogens with one attached hydrogen (secondary N) is 1. The highest BCUT2D eigenvalue weighted by Crippen LogP contribution is 2.16. The summed E-state index contributed by atoms with van der Waals surface area (Å²) >= 11 is 0. The summed E-state index contributed by atoms with van der Waals surface area (Å²) < 4.78 is 11.4. The van der Waals surface area contributed by atoms with Gasteiger partial charge in [-0.3, -0.25) is 0 Å². The van der Waals surface area contributed by atoms with Gasteiger partial charge < -0.3 is 15.2 Å². The zero-order valence-electron chi connectivity index (χ0n) is 13.6. The average Bonchev–Trinajstić information content (AvgIpc) is 2.56. The molecule has 24 heavy (non-hydrogen) atoms. The first-order valence-electron chi connectivity index (χ1n) is 7.65. The van der Waals surface area contributed by atoms with Crippen LogP contribution < -0.4 is 20.6 Å². The first-order chi connectivity index (χ1) is 11.6. The van der Waals surface area contributed by atoms with Crippen LogP contribution in [0.5, 0.6) is 11.5 Å². The van der Waals surface area contributed by atoms with Gasteiger partial charge in [0.05, 0.1) is 19.4 Å². The number of nitrogens with zero attached hydrogens (tertiary/aromatic N) is 1. The van der Waals surface area contributed by atoms with E-state index in [2.05, 4.69) is 10.5 Å². The lowest BCUT2D eigenvalue weighted by atomic mass is 10.2. The molecule has 6 nitrogen and oxygen atoms in total. The Kier molecular flexibility index (Phi) is 6.64. The minimum absolute atomic E-state index is 0.548. The molecule has 3 N–H and O–H groups in total. The fraction of sp³-hybridized carbons (Fsp3) is 0.222. The van der Waals surface area contributed by atoms with Gasteiger partial charge >= 0.3 is 6.03 Å². The van der Waals surface area contributed by atoms with Crippen LogP contribution in [0.25, 0.3) is 0 Å². The van der Waals surface area contributed by atoms with Gasteiger partial charge in [-0.05, 0) is 36.2 Å². The Morgan fingerprint density at radius 2 is 1.96 bits per heavy atom. The number of hydrogen-bond acceptors (Lipinski definition) is 4. The minimum Gasteiger partial charge on any atom is -0.493 e. The number of hydrogen-bond donors (Lipinski definition) is 2. The Bertz CT molecular complexity index is 701. The third-order valence-electron chi connectivity index (χ3n) is 3.16. The largest absolute Gasteiger partial charge is 0.493 e. The summed E-state index contributed by atoms with van der Waals surface area (Å²) in [7, 11) is 0. The van der Waals surface area contributed by atoms with E-state index >= 15 is 0 Å². The van der Waals surface area contributed by atoms with Crippen molar-refractivity contribution in [2.24, 2.45) is 10.8 Å². The van der Waals surface area contributed by atoms with Crippen molar-refractivity contribution >= 4 is 12.2 Å². The van der Waals surface area contributed by atoms with Gasteiger partial charge in [-0.25, -0.2) is 10.2 Å². The van der Waals surface area contributed by atoms with Crippen molar-refractivity contribution in [3.8, 4) is 11.5 Å². The van der Waals surface area contributed by atoms with E-state index in [0.29, 0.717) is 13.2 Å². The molecule has 0 radical (unpaired) electrons. The van der Waals surface area contributed by atoms with Crippen LogP contribution in [-0.2, 0) is 0 Å². The maximum Gasteiger partial charge on any atom is 0.332 e. The summed E-state index contributed by atoms with van der Waals surface area (Å²) in [4.78, 5) is 10.5. The molecular formula is C18H21N3O3. The number of ether oxygens (including phenoxy) is 2. The van der Waals surface area contributed by atoms with Crippen LogP contribution in [0.4, 0.5) is 4.79 Å². The van der Waals surface area contributed by atoms with Crippen molar-refractivity contribution < 1.29 is 14.3 Å². The van der Waals surface area contributed by atoms with Crippen LogP contribution >= 0.6 is 0 Å². The topological polar surface area (TPSA) is 85.9 Å². The van der Waals surface area contributed by atoms with E-state index in [1.807, 2.05) is 55.5 Å². The number of amides is 2. The SMILES string of the molecule is Cc1ccccc1OCCCOc1cccc(/C=N\NC(N)=O)c1. The summed E-state index contributed by atoms with van der Waals surface area (Å²) in [5.74, 6) is 1.63. The van der Waals surface area contributed by atoms with Gasteiger partial charge in [0.2, 0.25) is 0 Å². The van der Waals surface area contributed by atoms with Crippen molar-refractivity contribution in [3.63, 3.8) is 0 Å². The van der Waals surface area contributed by atoms with E-state index in [4.69, 9.17) is 15.2 Å². The quantitative estimate of drug-likeness (QED) is 0.444. The molecule has 0 unspecified atom stereocenters. The molecule has 0 heterocycles. The third kappa shape index (κ3) is 6.00. The molecule has 0 fully saturated rings. The van der Waals surface area contributed by atoms with Gasteiger partial charge in [-0.15, -0.1) is 0 Å². The van der Waals surface area contributed by atoms with Crippen LogP contribution in [0.3, 0.4) is 0 Å². The lowest BCUT2D eigenvalue weighted by Crippen LogP contribution is -2.24. The third-order valence-corrected chi connectivity index (χ3v) is 3.16. The first-order valence-corrected chi connectivity index (χ1v) is 7.65. The lowest BCUT2D eigenvalue weighted by molar-refractivity contribution is 0.246. The molecule has 2 amide bonds. The Morgan fingerprint density at radius 1 is 1.17 bits per heavy atom. The monoisotopic (exact) mass is 327 g/mol. The van der Waals surface area contributed by atoms with Gasteiger partial charge in [0.1, 0.15) is 11.5 Å². The van der Waals surface area contributed by atoms with Crippen LogP contribution in [0.2, 0.25) is 0 Å². The van der Waals surface area contributed by atoms with Crippen molar-refractivity contribution in [3.05, 3.63) is 59.7 Å². The first kappa shape index (κ1) is 17.3. The predicted molar refractivity (Wildman–Crippen MR) is 93.5 cm³/mol. The zero-order chi connectivity index (χ0) is 17.2. The highest BCUT2D eigenvalue weighted by molar-refractivity contribution is 5.81. The van der Waals surface area contributed by atoms with E-state index in [9.17, 15) is 4.79 Å². The van der Waals surface area contributed by atoms with Crippen LogP contribution in [0, 0.1) is 6.92 Å². The van der Waals surface area contributed by atoms with Gasteiger partial charge in [-0.2, -0.15) is 5.10 Å². The summed E-state index contributed by atoms with van der Waals surface area (Å²) in [6.07, 6.45) is 2.27.